The summed E-state index contributed by atoms with van der Waals surface area (Å²) in [6, 6.07) is 4.90. The summed E-state index contributed by atoms with van der Waals surface area (Å²) < 4.78 is 12.1. The fourth-order valence-electron chi connectivity index (χ4n) is 1.85. The summed E-state index contributed by atoms with van der Waals surface area (Å²) in [4.78, 5) is 23.4. The molecule has 7 nitrogen and oxygen atoms in total. The zero-order valence-electron chi connectivity index (χ0n) is 13.1. The summed E-state index contributed by atoms with van der Waals surface area (Å²) in [7, 11) is 1.31. The van der Waals surface area contributed by atoms with Crippen molar-refractivity contribution in [3.8, 4) is 0 Å². The van der Waals surface area contributed by atoms with Gasteiger partial charge >= 0.3 is 11.9 Å². The van der Waals surface area contributed by atoms with E-state index in [9.17, 15) is 9.59 Å². The van der Waals surface area contributed by atoms with Crippen molar-refractivity contribution < 1.29 is 19.1 Å². The number of allylic oxidation sites excluding steroid dienone is 1. The van der Waals surface area contributed by atoms with Crippen molar-refractivity contribution in [1.82, 2.24) is 15.0 Å². The van der Waals surface area contributed by atoms with Crippen LogP contribution in [0, 0.1) is 0 Å². The lowest BCUT2D eigenvalue weighted by atomic mass is 10.1. The molecule has 0 aliphatic rings. The van der Waals surface area contributed by atoms with Crippen LogP contribution < -0.4 is 0 Å². The standard InChI is InChI=1S/C16H16BrN3O4/c1-3-4-7-20-9-14(18-19-20)16(22)24-10-12-6-5-11(8-13(12)17)15(21)23-2/h3,5-6,8-9H,1,4,7,10H2,2H3. The van der Waals surface area contributed by atoms with E-state index >= 15 is 0 Å². The van der Waals surface area contributed by atoms with E-state index < -0.39 is 11.9 Å². The summed E-state index contributed by atoms with van der Waals surface area (Å²) in [5.41, 5.74) is 1.26. The Bertz CT molecular complexity index is 758. The lowest BCUT2D eigenvalue weighted by molar-refractivity contribution is 0.0463. The van der Waals surface area contributed by atoms with Gasteiger partial charge in [-0.2, -0.15) is 0 Å². The highest BCUT2D eigenvalue weighted by Gasteiger charge is 2.14. The predicted octanol–water partition coefficient (Wildman–Crippen LogP) is 2.76. The zero-order valence-corrected chi connectivity index (χ0v) is 14.7. The van der Waals surface area contributed by atoms with E-state index in [4.69, 9.17) is 4.74 Å². The molecule has 8 heteroatoms. The van der Waals surface area contributed by atoms with Crippen LogP contribution in [0.4, 0.5) is 0 Å². The molecule has 2 rings (SSSR count). The van der Waals surface area contributed by atoms with Crippen LogP contribution >= 0.6 is 15.9 Å². The van der Waals surface area contributed by atoms with Crippen LogP contribution in [0.1, 0.15) is 32.8 Å². The first-order valence-electron chi connectivity index (χ1n) is 7.10. The number of hydrogen-bond donors (Lipinski definition) is 0. The molecule has 126 valence electrons. The van der Waals surface area contributed by atoms with Gasteiger partial charge in [0.25, 0.3) is 0 Å². The first kappa shape index (κ1) is 17.9. The number of aryl methyl sites for hydroxylation is 1. The number of rotatable bonds is 7. The Morgan fingerprint density at radius 1 is 1.38 bits per heavy atom. The lowest BCUT2D eigenvalue weighted by Crippen LogP contribution is -2.07. The molecule has 0 N–H and O–H groups in total. The van der Waals surface area contributed by atoms with Crippen molar-refractivity contribution in [1.29, 1.82) is 0 Å². The van der Waals surface area contributed by atoms with Crippen LogP contribution in [0.5, 0.6) is 0 Å². The number of hydrogen-bond acceptors (Lipinski definition) is 6. The fourth-order valence-corrected chi connectivity index (χ4v) is 2.34. The summed E-state index contributed by atoms with van der Waals surface area (Å²) >= 11 is 3.34. The molecule has 0 amide bonds. The third-order valence-corrected chi connectivity index (χ3v) is 3.88. The van der Waals surface area contributed by atoms with Crippen molar-refractivity contribution in [3.63, 3.8) is 0 Å². The summed E-state index contributed by atoms with van der Waals surface area (Å²) in [6.07, 6.45) is 4.02. The molecular weight excluding hydrogens is 378 g/mol. The first-order chi connectivity index (χ1) is 11.5. The third-order valence-electron chi connectivity index (χ3n) is 3.14. The Hall–Kier alpha value is -2.48. The average molecular weight is 394 g/mol. The van der Waals surface area contributed by atoms with Crippen LogP contribution in [0.2, 0.25) is 0 Å². The molecule has 0 saturated carbocycles. The minimum absolute atomic E-state index is 0.0421. The summed E-state index contributed by atoms with van der Waals surface area (Å²) in [5.74, 6) is -1.00. The third kappa shape index (κ3) is 4.51. The molecule has 1 aromatic heterocycles. The molecule has 2 aromatic rings. The number of carbonyl (C=O) groups excluding carboxylic acids is 2. The number of carbonyl (C=O) groups is 2. The quantitative estimate of drug-likeness (QED) is 0.531. The smallest absolute Gasteiger partial charge is 0.360 e. The van der Waals surface area contributed by atoms with E-state index in [0.717, 1.165) is 12.0 Å². The molecule has 0 unspecified atom stereocenters. The van der Waals surface area contributed by atoms with E-state index in [2.05, 4.69) is 37.6 Å². The summed E-state index contributed by atoms with van der Waals surface area (Å²) in [5, 5.41) is 7.63. The van der Waals surface area contributed by atoms with E-state index in [-0.39, 0.29) is 12.3 Å². The van der Waals surface area contributed by atoms with Gasteiger partial charge in [-0.1, -0.05) is 33.3 Å². The number of aromatic nitrogens is 3. The highest BCUT2D eigenvalue weighted by atomic mass is 79.9. The molecule has 0 spiro atoms. The fraction of sp³-hybridized carbons (Fsp3) is 0.250. The maximum absolute atomic E-state index is 12.0. The average Bonchev–Trinajstić information content (AvgIpc) is 3.06. The topological polar surface area (TPSA) is 83.3 Å². The van der Waals surface area contributed by atoms with Crippen LogP contribution in [-0.2, 0) is 22.6 Å². The SMILES string of the molecule is C=CCCn1cc(C(=O)OCc2ccc(C(=O)OC)cc2Br)nn1. The molecule has 0 bridgehead atoms. The summed E-state index contributed by atoms with van der Waals surface area (Å²) in [6.45, 7) is 4.27. The largest absolute Gasteiger partial charge is 0.465 e. The molecule has 1 heterocycles. The number of methoxy groups -OCH3 is 1. The molecule has 0 aliphatic heterocycles. The lowest BCUT2D eigenvalue weighted by Gasteiger charge is -2.07. The van der Waals surface area contributed by atoms with Gasteiger partial charge in [0.05, 0.1) is 18.9 Å². The van der Waals surface area contributed by atoms with Crippen LogP contribution in [-0.4, -0.2) is 34.0 Å². The van der Waals surface area contributed by atoms with Crippen molar-refractivity contribution in [3.05, 3.63) is 58.3 Å². The van der Waals surface area contributed by atoms with Crippen molar-refractivity contribution in [2.45, 2.75) is 19.6 Å². The monoisotopic (exact) mass is 393 g/mol. The maximum Gasteiger partial charge on any atom is 0.360 e. The highest BCUT2D eigenvalue weighted by Crippen LogP contribution is 2.20. The number of nitrogens with zero attached hydrogens (tertiary/aromatic N) is 3. The van der Waals surface area contributed by atoms with Gasteiger partial charge in [0, 0.05) is 16.6 Å². The molecule has 0 atom stereocenters. The second-order valence-corrected chi connectivity index (χ2v) is 5.67. The Balaban J connectivity index is 1.97. The van der Waals surface area contributed by atoms with Gasteiger partial charge in [0.15, 0.2) is 5.69 Å². The van der Waals surface area contributed by atoms with Crippen LogP contribution in [0.3, 0.4) is 0 Å². The minimum Gasteiger partial charge on any atom is -0.465 e. The molecule has 24 heavy (non-hydrogen) atoms. The van der Waals surface area contributed by atoms with Gasteiger partial charge < -0.3 is 9.47 Å². The second kappa shape index (κ2) is 8.39. The van der Waals surface area contributed by atoms with E-state index in [1.54, 1.807) is 29.0 Å². The highest BCUT2D eigenvalue weighted by molar-refractivity contribution is 9.10. The Morgan fingerprint density at radius 2 is 2.17 bits per heavy atom. The second-order valence-electron chi connectivity index (χ2n) is 4.82. The van der Waals surface area contributed by atoms with Gasteiger partial charge in [-0.15, -0.1) is 11.7 Å². The Kier molecular flexibility index (Phi) is 6.25. The number of halogens is 1. The van der Waals surface area contributed by atoms with Crippen molar-refractivity contribution in [2.24, 2.45) is 0 Å². The van der Waals surface area contributed by atoms with E-state index in [1.807, 2.05) is 0 Å². The molecule has 0 fully saturated rings. The molecular formula is C16H16BrN3O4. The molecule has 0 aliphatic carbocycles. The number of ether oxygens (including phenoxy) is 2. The Labute approximate surface area is 147 Å². The van der Waals surface area contributed by atoms with Crippen molar-refractivity contribution in [2.75, 3.05) is 7.11 Å². The Morgan fingerprint density at radius 3 is 2.83 bits per heavy atom. The van der Waals surface area contributed by atoms with Gasteiger partial charge in [-0.05, 0) is 18.6 Å². The van der Waals surface area contributed by atoms with Crippen molar-refractivity contribution >= 4 is 27.9 Å². The van der Waals surface area contributed by atoms with Crippen LogP contribution in [0.15, 0.2) is 41.5 Å². The zero-order chi connectivity index (χ0) is 17.5. The normalized spacial score (nSPS) is 10.2. The molecule has 1 aromatic carbocycles. The maximum atomic E-state index is 12.0. The van der Waals surface area contributed by atoms with E-state index in [0.29, 0.717) is 16.6 Å². The van der Waals surface area contributed by atoms with Gasteiger partial charge in [0.2, 0.25) is 0 Å². The van der Waals surface area contributed by atoms with Crippen LogP contribution in [0.25, 0.3) is 0 Å². The van der Waals surface area contributed by atoms with E-state index in [1.165, 1.54) is 13.3 Å². The van der Waals surface area contributed by atoms with Gasteiger partial charge in [-0.25, -0.2) is 9.59 Å². The van der Waals surface area contributed by atoms with Gasteiger partial charge in [-0.3, -0.25) is 4.68 Å². The number of benzene rings is 1. The van der Waals surface area contributed by atoms with Gasteiger partial charge in [0.1, 0.15) is 6.61 Å². The molecule has 0 saturated heterocycles. The minimum atomic E-state index is -0.566. The predicted molar refractivity (Wildman–Crippen MR) is 89.4 cm³/mol. The first-order valence-corrected chi connectivity index (χ1v) is 7.89. The molecule has 0 radical (unpaired) electrons. The number of esters is 2.